The van der Waals surface area contributed by atoms with Crippen LogP contribution in [0.2, 0.25) is 0 Å². The molecule has 0 aliphatic heterocycles. The van der Waals surface area contributed by atoms with E-state index in [1.165, 1.54) is 0 Å². The van der Waals surface area contributed by atoms with Gasteiger partial charge in [0.15, 0.2) is 6.61 Å². The summed E-state index contributed by atoms with van der Waals surface area (Å²) in [5, 5.41) is 0. The van der Waals surface area contributed by atoms with Gasteiger partial charge in [-0.3, -0.25) is 0 Å². The Morgan fingerprint density at radius 2 is 1.62 bits per heavy atom. The number of benzene rings is 2. The molecule has 0 heterocycles. The number of aryl methyl sites for hydroxylation is 1. The molecule has 128 valence electrons. The predicted molar refractivity (Wildman–Crippen MR) is 90.8 cm³/mol. The van der Waals surface area contributed by atoms with Crippen LogP contribution >= 0.6 is 0 Å². The molecule has 0 amide bonds. The Kier molecular flexibility index (Phi) is 6.95. The molecule has 0 radical (unpaired) electrons. The predicted octanol–water partition coefficient (Wildman–Crippen LogP) is 3.26. The van der Waals surface area contributed by atoms with Crippen LogP contribution in [0.3, 0.4) is 0 Å². The fourth-order valence-corrected chi connectivity index (χ4v) is 2.10. The standard InChI is InChI=1S/C19H22O5/c1-3-15-6-4-5-7-18(15)24-14-19(20)23-13-12-22-17-10-8-16(21-2)9-11-17/h4-11H,3,12-14H2,1-2H3. The van der Waals surface area contributed by atoms with Crippen molar-refractivity contribution in [1.29, 1.82) is 0 Å². The van der Waals surface area contributed by atoms with Gasteiger partial charge in [-0.15, -0.1) is 0 Å². The van der Waals surface area contributed by atoms with Gasteiger partial charge in [0.2, 0.25) is 0 Å². The third kappa shape index (κ3) is 5.50. The number of carbonyl (C=O) groups excluding carboxylic acids is 1. The fourth-order valence-electron chi connectivity index (χ4n) is 2.10. The molecule has 0 aliphatic rings. The molecular formula is C19H22O5. The third-order valence-corrected chi connectivity index (χ3v) is 3.37. The molecule has 0 saturated carbocycles. The van der Waals surface area contributed by atoms with Crippen LogP contribution in [-0.4, -0.2) is 32.9 Å². The first-order valence-corrected chi connectivity index (χ1v) is 7.86. The van der Waals surface area contributed by atoms with Gasteiger partial charge >= 0.3 is 5.97 Å². The quantitative estimate of drug-likeness (QED) is 0.522. The van der Waals surface area contributed by atoms with Crippen molar-refractivity contribution in [3.05, 3.63) is 54.1 Å². The Morgan fingerprint density at radius 3 is 2.33 bits per heavy atom. The Balaban J connectivity index is 1.66. The minimum absolute atomic E-state index is 0.112. The number of para-hydroxylation sites is 1. The van der Waals surface area contributed by atoms with Crippen molar-refractivity contribution < 1.29 is 23.7 Å². The molecule has 0 spiro atoms. The molecule has 0 aromatic heterocycles. The van der Waals surface area contributed by atoms with Crippen molar-refractivity contribution in [3.8, 4) is 17.2 Å². The van der Waals surface area contributed by atoms with Crippen LogP contribution in [0.25, 0.3) is 0 Å². The van der Waals surface area contributed by atoms with E-state index in [0.29, 0.717) is 11.5 Å². The summed E-state index contributed by atoms with van der Waals surface area (Å²) in [6.45, 7) is 2.38. The van der Waals surface area contributed by atoms with Gasteiger partial charge in [0.05, 0.1) is 7.11 Å². The average Bonchev–Trinajstić information content (AvgIpc) is 2.64. The normalized spacial score (nSPS) is 10.1. The zero-order valence-electron chi connectivity index (χ0n) is 14.0. The van der Waals surface area contributed by atoms with Gasteiger partial charge in [0, 0.05) is 0 Å². The highest BCUT2D eigenvalue weighted by Gasteiger charge is 2.07. The molecule has 0 N–H and O–H groups in total. The van der Waals surface area contributed by atoms with Crippen molar-refractivity contribution in [2.24, 2.45) is 0 Å². The summed E-state index contributed by atoms with van der Waals surface area (Å²) < 4.78 is 21.1. The van der Waals surface area contributed by atoms with E-state index in [0.717, 1.165) is 17.7 Å². The van der Waals surface area contributed by atoms with Crippen LogP contribution in [0.4, 0.5) is 0 Å². The monoisotopic (exact) mass is 330 g/mol. The zero-order chi connectivity index (χ0) is 17.2. The number of hydrogen-bond donors (Lipinski definition) is 0. The minimum Gasteiger partial charge on any atom is -0.497 e. The van der Waals surface area contributed by atoms with Gasteiger partial charge in [0.1, 0.15) is 30.5 Å². The van der Waals surface area contributed by atoms with Crippen LogP contribution in [0, 0.1) is 0 Å². The van der Waals surface area contributed by atoms with Crippen LogP contribution in [-0.2, 0) is 16.0 Å². The smallest absolute Gasteiger partial charge is 0.344 e. The lowest BCUT2D eigenvalue weighted by molar-refractivity contribution is -0.146. The Morgan fingerprint density at radius 1 is 0.917 bits per heavy atom. The molecule has 0 unspecified atom stereocenters. The first-order chi connectivity index (χ1) is 11.7. The van der Waals surface area contributed by atoms with Crippen LogP contribution < -0.4 is 14.2 Å². The number of rotatable bonds is 9. The van der Waals surface area contributed by atoms with E-state index in [9.17, 15) is 4.79 Å². The van der Waals surface area contributed by atoms with Gasteiger partial charge in [-0.2, -0.15) is 0 Å². The molecule has 2 rings (SSSR count). The van der Waals surface area contributed by atoms with Gasteiger partial charge in [-0.05, 0) is 42.3 Å². The number of esters is 1. The topological polar surface area (TPSA) is 54.0 Å². The summed E-state index contributed by atoms with van der Waals surface area (Å²) >= 11 is 0. The molecule has 5 heteroatoms. The highest BCUT2D eigenvalue weighted by atomic mass is 16.6. The van der Waals surface area contributed by atoms with Crippen molar-refractivity contribution in [1.82, 2.24) is 0 Å². The molecule has 0 aliphatic carbocycles. The maximum atomic E-state index is 11.7. The first-order valence-electron chi connectivity index (χ1n) is 7.86. The van der Waals surface area contributed by atoms with Gasteiger partial charge < -0.3 is 18.9 Å². The maximum absolute atomic E-state index is 11.7. The second kappa shape index (κ2) is 9.45. The Hall–Kier alpha value is -2.69. The van der Waals surface area contributed by atoms with E-state index in [2.05, 4.69) is 0 Å². The fraction of sp³-hybridized carbons (Fsp3) is 0.316. The summed E-state index contributed by atoms with van der Waals surface area (Å²) in [6.07, 6.45) is 0.848. The maximum Gasteiger partial charge on any atom is 0.344 e. The number of carbonyl (C=O) groups is 1. The lowest BCUT2D eigenvalue weighted by Gasteiger charge is -2.10. The van der Waals surface area contributed by atoms with Crippen molar-refractivity contribution in [3.63, 3.8) is 0 Å². The second-order valence-electron chi connectivity index (χ2n) is 4.99. The van der Waals surface area contributed by atoms with Gasteiger partial charge in [0.25, 0.3) is 0 Å². The highest BCUT2D eigenvalue weighted by molar-refractivity contribution is 5.71. The Bertz CT molecular complexity index is 636. The molecular weight excluding hydrogens is 308 g/mol. The number of hydrogen-bond acceptors (Lipinski definition) is 5. The molecule has 5 nitrogen and oxygen atoms in total. The second-order valence-corrected chi connectivity index (χ2v) is 4.99. The lowest BCUT2D eigenvalue weighted by atomic mass is 10.1. The Labute approximate surface area is 142 Å². The van der Waals surface area contributed by atoms with E-state index in [4.69, 9.17) is 18.9 Å². The molecule has 0 bridgehead atoms. The van der Waals surface area contributed by atoms with E-state index >= 15 is 0 Å². The summed E-state index contributed by atoms with van der Waals surface area (Å²) in [6, 6.07) is 14.9. The lowest BCUT2D eigenvalue weighted by Crippen LogP contribution is -2.18. The van der Waals surface area contributed by atoms with Crippen molar-refractivity contribution >= 4 is 5.97 Å². The molecule has 2 aromatic carbocycles. The number of ether oxygens (including phenoxy) is 4. The summed E-state index contributed by atoms with van der Waals surface area (Å²) in [7, 11) is 1.61. The van der Waals surface area contributed by atoms with Gasteiger partial charge in [-0.1, -0.05) is 25.1 Å². The van der Waals surface area contributed by atoms with E-state index in [1.807, 2.05) is 31.2 Å². The van der Waals surface area contributed by atoms with Crippen LogP contribution in [0.15, 0.2) is 48.5 Å². The molecule has 0 saturated heterocycles. The third-order valence-electron chi connectivity index (χ3n) is 3.37. The summed E-state index contributed by atoms with van der Waals surface area (Å²) in [5.74, 6) is 1.75. The van der Waals surface area contributed by atoms with Crippen LogP contribution in [0.1, 0.15) is 12.5 Å². The average molecular weight is 330 g/mol. The molecule has 0 atom stereocenters. The minimum atomic E-state index is -0.417. The van der Waals surface area contributed by atoms with Crippen LogP contribution in [0.5, 0.6) is 17.2 Å². The SMILES string of the molecule is CCc1ccccc1OCC(=O)OCCOc1ccc(OC)cc1. The first kappa shape index (κ1) is 17.7. The van der Waals surface area contributed by atoms with E-state index in [1.54, 1.807) is 31.4 Å². The van der Waals surface area contributed by atoms with Crippen molar-refractivity contribution in [2.45, 2.75) is 13.3 Å². The number of methoxy groups -OCH3 is 1. The summed E-state index contributed by atoms with van der Waals surface area (Å²) in [4.78, 5) is 11.7. The van der Waals surface area contributed by atoms with Gasteiger partial charge in [-0.25, -0.2) is 4.79 Å². The zero-order valence-corrected chi connectivity index (χ0v) is 14.0. The molecule has 2 aromatic rings. The summed E-state index contributed by atoms with van der Waals surface area (Å²) in [5.41, 5.74) is 1.06. The molecule has 0 fully saturated rings. The largest absolute Gasteiger partial charge is 0.497 e. The van der Waals surface area contributed by atoms with Crippen molar-refractivity contribution in [2.75, 3.05) is 26.9 Å². The van der Waals surface area contributed by atoms with E-state index < -0.39 is 5.97 Å². The van der Waals surface area contributed by atoms with E-state index in [-0.39, 0.29) is 19.8 Å². The molecule has 24 heavy (non-hydrogen) atoms. The highest BCUT2D eigenvalue weighted by Crippen LogP contribution is 2.18.